The Labute approximate surface area is 124 Å². The topological polar surface area (TPSA) is 21.6 Å². The first kappa shape index (κ1) is 13.2. The van der Waals surface area contributed by atoms with E-state index in [1.165, 1.54) is 0 Å². The first-order valence-electron chi connectivity index (χ1n) is 6.62. The maximum Gasteiger partial charge on any atom is 0.161 e. The minimum atomic E-state index is -0.796. The van der Waals surface area contributed by atoms with Gasteiger partial charge in [0.1, 0.15) is 5.71 Å². The van der Waals surface area contributed by atoms with E-state index in [1.54, 1.807) is 0 Å². The van der Waals surface area contributed by atoms with Gasteiger partial charge in [-0.15, -0.1) is 11.6 Å². The lowest BCUT2D eigenvalue weighted by Crippen LogP contribution is -2.45. The summed E-state index contributed by atoms with van der Waals surface area (Å²) >= 11 is 7.03. The summed E-state index contributed by atoms with van der Waals surface area (Å²) in [5.41, 5.74) is 2.13. The second kappa shape index (κ2) is 4.64. The number of oxime groups is 1. The van der Waals surface area contributed by atoms with Crippen molar-refractivity contribution in [1.82, 2.24) is 0 Å². The Morgan fingerprint density at radius 2 is 1.45 bits per heavy atom. The zero-order chi connectivity index (χ0) is 14.2. The minimum absolute atomic E-state index is 0.610. The van der Waals surface area contributed by atoms with Crippen molar-refractivity contribution in [3.05, 3.63) is 71.8 Å². The molecule has 0 fully saturated rings. The van der Waals surface area contributed by atoms with Gasteiger partial charge in [0.05, 0.1) is 0 Å². The van der Waals surface area contributed by atoms with Crippen LogP contribution < -0.4 is 0 Å². The average Bonchev–Trinajstić information content (AvgIpc) is 2.73. The van der Waals surface area contributed by atoms with Gasteiger partial charge in [0, 0.05) is 5.56 Å². The van der Waals surface area contributed by atoms with Crippen LogP contribution in [0.15, 0.2) is 65.8 Å². The van der Waals surface area contributed by atoms with E-state index in [0.29, 0.717) is 0 Å². The summed E-state index contributed by atoms with van der Waals surface area (Å²) in [5, 5.41) is 4.27. The fourth-order valence-electron chi connectivity index (χ4n) is 2.57. The number of hydrogen-bond acceptors (Lipinski definition) is 2. The zero-order valence-corrected chi connectivity index (χ0v) is 12.3. The van der Waals surface area contributed by atoms with E-state index in [-0.39, 0.29) is 0 Å². The van der Waals surface area contributed by atoms with Crippen LogP contribution in [-0.2, 0) is 9.71 Å². The Hall–Kier alpha value is -1.80. The highest BCUT2D eigenvalue weighted by molar-refractivity contribution is 6.40. The Morgan fingerprint density at radius 1 is 0.900 bits per heavy atom. The summed E-state index contributed by atoms with van der Waals surface area (Å²) in [5.74, 6) is 0. The molecule has 0 amide bonds. The molecule has 0 saturated carbocycles. The first-order chi connectivity index (χ1) is 9.56. The Morgan fingerprint density at radius 3 is 2.05 bits per heavy atom. The van der Waals surface area contributed by atoms with Crippen molar-refractivity contribution in [1.29, 1.82) is 0 Å². The zero-order valence-electron chi connectivity index (χ0n) is 11.5. The van der Waals surface area contributed by atoms with Crippen LogP contribution in [0.25, 0.3) is 0 Å². The van der Waals surface area contributed by atoms with Crippen LogP contribution in [0.1, 0.15) is 25.0 Å². The lowest BCUT2D eigenvalue weighted by atomic mass is 9.78. The van der Waals surface area contributed by atoms with Crippen LogP contribution in [0.3, 0.4) is 0 Å². The maximum atomic E-state index is 7.03. The van der Waals surface area contributed by atoms with Gasteiger partial charge in [-0.25, -0.2) is 0 Å². The molecule has 0 unspecified atom stereocenters. The summed E-state index contributed by atoms with van der Waals surface area (Å²) in [7, 11) is 0. The van der Waals surface area contributed by atoms with Crippen molar-refractivity contribution in [2.75, 3.05) is 0 Å². The Balaban J connectivity index is 2.17. The molecule has 3 rings (SSSR count). The molecule has 0 radical (unpaired) electrons. The molecule has 0 spiro atoms. The van der Waals surface area contributed by atoms with Crippen LogP contribution in [0.2, 0.25) is 0 Å². The monoisotopic (exact) mass is 285 g/mol. The van der Waals surface area contributed by atoms with E-state index in [4.69, 9.17) is 16.4 Å². The molecule has 1 heterocycles. The molecule has 20 heavy (non-hydrogen) atoms. The van der Waals surface area contributed by atoms with Crippen molar-refractivity contribution in [3.63, 3.8) is 0 Å². The number of alkyl halides is 1. The average molecular weight is 286 g/mol. The highest BCUT2D eigenvalue weighted by Gasteiger charge is 2.56. The van der Waals surface area contributed by atoms with Crippen molar-refractivity contribution in [2.45, 2.75) is 24.3 Å². The highest BCUT2D eigenvalue weighted by atomic mass is 35.5. The maximum absolute atomic E-state index is 7.03. The van der Waals surface area contributed by atoms with Crippen molar-refractivity contribution in [2.24, 2.45) is 5.16 Å². The van der Waals surface area contributed by atoms with Crippen molar-refractivity contribution >= 4 is 17.3 Å². The first-order valence-corrected chi connectivity index (χ1v) is 7.00. The molecule has 0 bridgehead atoms. The van der Waals surface area contributed by atoms with Crippen LogP contribution in [0, 0.1) is 0 Å². The molecule has 3 heteroatoms. The fourth-order valence-corrected chi connectivity index (χ4v) is 2.87. The molecule has 1 aliphatic rings. The van der Waals surface area contributed by atoms with Gasteiger partial charge in [-0.3, -0.25) is 0 Å². The summed E-state index contributed by atoms with van der Waals surface area (Å²) in [6.07, 6.45) is 0. The second-order valence-electron chi connectivity index (χ2n) is 5.43. The molecule has 0 saturated heterocycles. The SMILES string of the molecule is CC1(C)ON=C(c2ccccc2)[C@]1(Cl)c1ccccc1. The quantitative estimate of drug-likeness (QED) is 0.753. The third-order valence-corrected chi connectivity index (χ3v) is 4.59. The lowest BCUT2D eigenvalue weighted by molar-refractivity contribution is -0.00741. The van der Waals surface area contributed by atoms with E-state index >= 15 is 0 Å². The van der Waals surface area contributed by atoms with Gasteiger partial charge in [0.25, 0.3) is 0 Å². The molecule has 2 aromatic rings. The summed E-state index contributed by atoms with van der Waals surface area (Å²) in [6, 6.07) is 19.9. The molecule has 2 aromatic carbocycles. The van der Waals surface area contributed by atoms with Crippen molar-refractivity contribution in [3.8, 4) is 0 Å². The normalized spacial score (nSPS) is 24.1. The highest BCUT2D eigenvalue weighted by Crippen LogP contribution is 2.48. The second-order valence-corrected chi connectivity index (χ2v) is 6.00. The molecule has 2 nitrogen and oxygen atoms in total. The standard InChI is InChI=1S/C17H16ClNO/c1-16(2)17(18,14-11-7-4-8-12-14)15(19-20-16)13-9-5-3-6-10-13/h3-12H,1-2H3/t17-/m1/s1. The molecular weight excluding hydrogens is 270 g/mol. The Bertz CT molecular complexity index is 637. The number of hydrogen-bond donors (Lipinski definition) is 0. The van der Waals surface area contributed by atoms with E-state index in [0.717, 1.165) is 16.8 Å². The number of nitrogens with zero attached hydrogens (tertiary/aromatic N) is 1. The minimum Gasteiger partial charge on any atom is -0.387 e. The molecule has 0 aliphatic carbocycles. The predicted octanol–water partition coefficient (Wildman–Crippen LogP) is 4.33. The third-order valence-electron chi connectivity index (χ3n) is 3.74. The van der Waals surface area contributed by atoms with Crippen LogP contribution in [-0.4, -0.2) is 11.3 Å². The summed E-state index contributed by atoms with van der Waals surface area (Å²) in [6.45, 7) is 3.93. The number of benzene rings is 2. The van der Waals surface area contributed by atoms with Gasteiger partial charge in [0.2, 0.25) is 0 Å². The fraction of sp³-hybridized carbons (Fsp3) is 0.235. The molecule has 0 aromatic heterocycles. The molecule has 0 N–H and O–H groups in total. The largest absolute Gasteiger partial charge is 0.387 e. The lowest BCUT2D eigenvalue weighted by Gasteiger charge is -2.34. The van der Waals surface area contributed by atoms with E-state index in [9.17, 15) is 0 Å². The van der Waals surface area contributed by atoms with E-state index in [2.05, 4.69) is 5.16 Å². The van der Waals surface area contributed by atoms with Gasteiger partial charge in [0.15, 0.2) is 10.5 Å². The molecular formula is C17H16ClNO. The predicted molar refractivity (Wildman–Crippen MR) is 82.1 cm³/mol. The van der Waals surface area contributed by atoms with Gasteiger partial charge < -0.3 is 4.84 Å². The molecule has 1 aliphatic heterocycles. The van der Waals surface area contributed by atoms with Crippen LogP contribution in [0.4, 0.5) is 0 Å². The van der Waals surface area contributed by atoms with Gasteiger partial charge >= 0.3 is 0 Å². The Kier molecular flexibility index (Phi) is 3.06. The summed E-state index contributed by atoms with van der Waals surface area (Å²) < 4.78 is 0. The van der Waals surface area contributed by atoms with E-state index < -0.39 is 10.5 Å². The van der Waals surface area contributed by atoms with Gasteiger partial charge in [-0.1, -0.05) is 65.8 Å². The van der Waals surface area contributed by atoms with Crippen LogP contribution >= 0.6 is 11.6 Å². The van der Waals surface area contributed by atoms with Crippen LogP contribution in [0.5, 0.6) is 0 Å². The number of halogens is 1. The molecule has 1 atom stereocenters. The smallest absolute Gasteiger partial charge is 0.161 e. The van der Waals surface area contributed by atoms with Gasteiger partial charge in [-0.2, -0.15) is 0 Å². The van der Waals surface area contributed by atoms with E-state index in [1.807, 2.05) is 74.5 Å². The number of rotatable bonds is 2. The van der Waals surface area contributed by atoms with Crippen molar-refractivity contribution < 1.29 is 4.84 Å². The summed E-state index contributed by atoms with van der Waals surface area (Å²) in [4.78, 5) is 4.84. The van der Waals surface area contributed by atoms with Gasteiger partial charge in [-0.05, 0) is 19.4 Å². The third kappa shape index (κ3) is 1.83. The molecule has 102 valence electrons.